The molecule has 142 valence electrons. The fraction of sp³-hybridized carbons (Fsp3) is 0.455. The van der Waals surface area contributed by atoms with E-state index in [1.165, 1.54) is 16.7 Å². The van der Waals surface area contributed by atoms with Crippen LogP contribution >= 0.6 is 0 Å². The smallest absolute Gasteiger partial charge is 0.219 e. The maximum Gasteiger partial charge on any atom is 0.219 e. The third-order valence-corrected chi connectivity index (χ3v) is 6.06. The normalized spacial score (nSPS) is 24.9. The highest BCUT2D eigenvalue weighted by Gasteiger charge is 2.48. The topological polar surface area (TPSA) is 45.7 Å². The monoisotopic (exact) mass is 365 g/mol. The van der Waals surface area contributed by atoms with Crippen molar-refractivity contribution in [1.82, 2.24) is 14.8 Å². The van der Waals surface area contributed by atoms with Crippen molar-refractivity contribution >= 4 is 5.91 Å². The van der Waals surface area contributed by atoms with Crippen molar-refractivity contribution in [3.8, 4) is 5.75 Å². The van der Waals surface area contributed by atoms with E-state index in [4.69, 9.17) is 4.74 Å². The summed E-state index contributed by atoms with van der Waals surface area (Å²) in [6, 6.07) is 10.7. The van der Waals surface area contributed by atoms with Crippen LogP contribution in [-0.4, -0.2) is 47.4 Å². The number of ether oxygens (including phenoxy) is 1. The number of benzene rings is 1. The van der Waals surface area contributed by atoms with Gasteiger partial charge in [0.05, 0.1) is 19.3 Å². The van der Waals surface area contributed by atoms with E-state index in [1.54, 1.807) is 20.2 Å². The van der Waals surface area contributed by atoms with Crippen LogP contribution < -0.4 is 4.74 Å². The predicted molar refractivity (Wildman–Crippen MR) is 104 cm³/mol. The third-order valence-electron chi connectivity index (χ3n) is 6.06. The maximum absolute atomic E-state index is 12.3. The lowest BCUT2D eigenvalue weighted by atomic mass is 9.87. The molecule has 5 nitrogen and oxygen atoms in total. The molecule has 3 atom stereocenters. The Labute approximate surface area is 161 Å². The number of likely N-dealkylation sites (tertiary alicyclic amines) is 2. The van der Waals surface area contributed by atoms with Gasteiger partial charge >= 0.3 is 0 Å². The molecule has 0 N–H and O–H groups in total. The molecule has 0 spiro atoms. The Hall–Kier alpha value is -2.40. The number of carbonyl (C=O) groups is 1. The number of methoxy groups -OCH3 is 1. The summed E-state index contributed by atoms with van der Waals surface area (Å²) in [5, 5.41) is 0. The summed E-state index contributed by atoms with van der Waals surface area (Å²) in [5.41, 5.74) is 3.74. The van der Waals surface area contributed by atoms with Crippen LogP contribution in [0.2, 0.25) is 0 Å². The molecule has 2 aromatic rings. The van der Waals surface area contributed by atoms with Gasteiger partial charge in [0.15, 0.2) is 0 Å². The van der Waals surface area contributed by atoms with E-state index in [2.05, 4.69) is 52.0 Å². The summed E-state index contributed by atoms with van der Waals surface area (Å²) in [4.78, 5) is 21.2. The predicted octanol–water partition coefficient (Wildman–Crippen LogP) is 3.05. The molecule has 1 amide bonds. The molecule has 0 unspecified atom stereocenters. The second kappa shape index (κ2) is 7.31. The van der Waals surface area contributed by atoms with Gasteiger partial charge in [-0.1, -0.05) is 24.3 Å². The van der Waals surface area contributed by atoms with E-state index in [1.807, 2.05) is 6.20 Å². The molecule has 0 aliphatic carbocycles. The largest absolute Gasteiger partial charge is 0.495 e. The number of amides is 1. The van der Waals surface area contributed by atoms with Gasteiger partial charge in [-0.3, -0.25) is 14.7 Å². The number of aromatic nitrogens is 1. The van der Waals surface area contributed by atoms with Crippen LogP contribution in [0.5, 0.6) is 5.75 Å². The second-order valence-corrected chi connectivity index (χ2v) is 7.82. The van der Waals surface area contributed by atoms with Crippen LogP contribution in [0.1, 0.15) is 29.7 Å². The number of hydrogen-bond acceptors (Lipinski definition) is 4. The van der Waals surface area contributed by atoms with E-state index in [0.717, 1.165) is 31.9 Å². The Morgan fingerprint density at radius 1 is 1.22 bits per heavy atom. The molecular weight excluding hydrogens is 338 g/mol. The van der Waals surface area contributed by atoms with E-state index < -0.39 is 0 Å². The van der Waals surface area contributed by atoms with Crippen molar-refractivity contribution in [2.45, 2.75) is 26.4 Å². The van der Waals surface area contributed by atoms with E-state index in [-0.39, 0.29) is 11.9 Å². The summed E-state index contributed by atoms with van der Waals surface area (Å²) in [5.74, 6) is 1.99. The average molecular weight is 365 g/mol. The van der Waals surface area contributed by atoms with Gasteiger partial charge in [0, 0.05) is 45.2 Å². The quantitative estimate of drug-likeness (QED) is 0.835. The van der Waals surface area contributed by atoms with Gasteiger partial charge in [-0.2, -0.15) is 0 Å². The number of aryl methyl sites for hydroxylation is 1. The number of pyridine rings is 1. The lowest BCUT2D eigenvalue weighted by Crippen LogP contribution is -2.34. The van der Waals surface area contributed by atoms with Crippen LogP contribution in [0.15, 0.2) is 42.7 Å². The van der Waals surface area contributed by atoms with Crippen LogP contribution in [-0.2, 0) is 11.3 Å². The van der Waals surface area contributed by atoms with E-state index >= 15 is 0 Å². The molecule has 2 aliphatic rings. The van der Waals surface area contributed by atoms with Crippen LogP contribution in [0.3, 0.4) is 0 Å². The molecule has 0 saturated carbocycles. The minimum atomic E-state index is 0.182. The van der Waals surface area contributed by atoms with Gasteiger partial charge in [-0.15, -0.1) is 0 Å². The first-order chi connectivity index (χ1) is 13.1. The Morgan fingerprint density at radius 2 is 2.04 bits per heavy atom. The Balaban J connectivity index is 1.55. The molecule has 2 fully saturated rings. The molecule has 1 aromatic carbocycles. The summed E-state index contributed by atoms with van der Waals surface area (Å²) < 4.78 is 5.30. The highest BCUT2D eigenvalue weighted by atomic mass is 16.5. The van der Waals surface area contributed by atoms with Gasteiger partial charge < -0.3 is 9.64 Å². The molecule has 1 aromatic heterocycles. The minimum absolute atomic E-state index is 0.182. The summed E-state index contributed by atoms with van der Waals surface area (Å²) in [6.07, 6.45) is 3.65. The number of nitrogens with zero attached hydrogens (tertiary/aromatic N) is 3. The van der Waals surface area contributed by atoms with E-state index in [9.17, 15) is 4.79 Å². The maximum atomic E-state index is 12.3. The first-order valence-corrected chi connectivity index (χ1v) is 9.60. The first kappa shape index (κ1) is 18.0. The van der Waals surface area contributed by atoms with Crippen molar-refractivity contribution in [2.75, 3.05) is 26.7 Å². The molecule has 5 heteroatoms. The lowest BCUT2D eigenvalue weighted by molar-refractivity contribution is -0.130. The molecule has 3 heterocycles. The summed E-state index contributed by atoms with van der Waals surface area (Å²) in [6.45, 7) is 7.60. The zero-order valence-electron chi connectivity index (χ0n) is 16.3. The molecule has 2 saturated heterocycles. The molecule has 0 radical (unpaired) electrons. The Kier molecular flexibility index (Phi) is 4.87. The number of rotatable bonds is 4. The summed E-state index contributed by atoms with van der Waals surface area (Å²) >= 11 is 0. The van der Waals surface area contributed by atoms with Gasteiger partial charge in [0.25, 0.3) is 0 Å². The van der Waals surface area contributed by atoms with Crippen molar-refractivity contribution < 1.29 is 9.53 Å². The molecule has 27 heavy (non-hydrogen) atoms. The zero-order valence-corrected chi connectivity index (χ0v) is 16.3. The SMILES string of the molecule is COc1cncc(CN2C[C@@H]3CN(C(C)=O)[C@@H](c4ccccc4C)[C@@H]3C2)c1. The minimum Gasteiger partial charge on any atom is -0.495 e. The molecular formula is C22H27N3O2. The van der Waals surface area contributed by atoms with E-state index in [0.29, 0.717) is 11.8 Å². The van der Waals surface area contributed by atoms with Crippen molar-refractivity contribution in [3.05, 3.63) is 59.4 Å². The highest BCUT2D eigenvalue weighted by Crippen LogP contribution is 2.46. The van der Waals surface area contributed by atoms with Crippen LogP contribution in [0, 0.1) is 18.8 Å². The Morgan fingerprint density at radius 3 is 2.78 bits per heavy atom. The van der Waals surface area contributed by atoms with Crippen molar-refractivity contribution in [1.29, 1.82) is 0 Å². The van der Waals surface area contributed by atoms with Crippen LogP contribution in [0.25, 0.3) is 0 Å². The van der Waals surface area contributed by atoms with Crippen molar-refractivity contribution in [2.24, 2.45) is 11.8 Å². The third kappa shape index (κ3) is 3.44. The number of fused-ring (bicyclic) bond motifs is 1. The number of hydrogen-bond donors (Lipinski definition) is 0. The number of carbonyl (C=O) groups excluding carboxylic acids is 1. The van der Waals surface area contributed by atoms with Crippen LogP contribution in [0.4, 0.5) is 0 Å². The lowest BCUT2D eigenvalue weighted by Gasteiger charge is -2.30. The summed E-state index contributed by atoms with van der Waals surface area (Å²) in [7, 11) is 1.67. The molecule has 2 aliphatic heterocycles. The van der Waals surface area contributed by atoms with Gasteiger partial charge in [0.1, 0.15) is 5.75 Å². The second-order valence-electron chi connectivity index (χ2n) is 7.82. The molecule has 4 rings (SSSR count). The first-order valence-electron chi connectivity index (χ1n) is 9.60. The zero-order chi connectivity index (χ0) is 19.0. The Bertz CT molecular complexity index is 838. The average Bonchev–Trinajstić information content (AvgIpc) is 3.20. The van der Waals surface area contributed by atoms with Gasteiger partial charge in [-0.25, -0.2) is 0 Å². The molecule has 0 bridgehead atoms. The van der Waals surface area contributed by atoms with Gasteiger partial charge in [0.2, 0.25) is 5.91 Å². The fourth-order valence-corrected chi connectivity index (χ4v) is 4.83. The fourth-order valence-electron chi connectivity index (χ4n) is 4.83. The standard InChI is InChI=1S/C22H27N3O2/c1-15-6-4-5-7-20(15)22-21-14-24(12-18(21)13-25(22)16(2)26)11-17-8-19(27-3)10-23-9-17/h4-10,18,21-22H,11-14H2,1-3H3/t18-,21-,22+/m1/s1. The highest BCUT2D eigenvalue weighted by molar-refractivity contribution is 5.74. The van der Waals surface area contributed by atoms with Crippen molar-refractivity contribution in [3.63, 3.8) is 0 Å². The van der Waals surface area contributed by atoms with Gasteiger partial charge in [-0.05, 0) is 35.6 Å².